The average molecular weight is 301 g/mol. The highest BCUT2D eigenvalue weighted by molar-refractivity contribution is 5.86. The van der Waals surface area contributed by atoms with Crippen LogP contribution in [0.4, 0.5) is 0 Å². The van der Waals surface area contributed by atoms with Crippen LogP contribution in [0.15, 0.2) is 30.3 Å². The summed E-state index contributed by atoms with van der Waals surface area (Å²) in [7, 11) is 1.33. The van der Waals surface area contributed by atoms with E-state index in [9.17, 15) is 9.59 Å². The topological polar surface area (TPSA) is 81.4 Å². The van der Waals surface area contributed by atoms with Crippen LogP contribution in [0.3, 0.4) is 0 Å². The van der Waals surface area contributed by atoms with Crippen LogP contribution in [-0.4, -0.2) is 37.5 Å². The number of hydrogen-bond acceptors (Lipinski definition) is 5. The number of Topliss-reactive ketones (excluding diaryl/α,β-unsaturated/α-hetero) is 1. The molecule has 0 aliphatic carbocycles. The van der Waals surface area contributed by atoms with E-state index in [0.717, 1.165) is 5.56 Å². The van der Waals surface area contributed by atoms with Gasteiger partial charge in [0, 0.05) is 0 Å². The molecule has 0 saturated heterocycles. The van der Waals surface area contributed by atoms with Gasteiger partial charge in [0.25, 0.3) is 0 Å². The number of ketones is 1. The van der Waals surface area contributed by atoms with Crippen molar-refractivity contribution in [1.82, 2.24) is 5.32 Å². The number of methoxy groups -OCH3 is 1. The van der Waals surface area contributed by atoms with Gasteiger partial charge >= 0.3 is 5.97 Å². The van der Waals surface area contributed by atoms with E-state index in [1.807, 2.05) is 30.3 Å². The van der Waals surface area contributed by atoms with Crippen LogP contribution in [0.25, 0.3) is 0 Å². The number of rotatable bonds is 7. The van der Waals surface area contributed by atoms with Crippen LogP contribution in [0.5, 0.6) is 0 Å². The van der Waals surface area contributed by atoms with Gasteiger partial charge in [0.15, 0.2) is 5.78 Å². The molecular weight excluding hydrogens is 280 g/mol. The lowest BCUT2D eigenvalue weighted by molar-refractivity contribution is -0.143. The van der Waals surface area contributed by atoms with Gasteiger partial charge in [0.2, 0.25) is 0 Å². The van der Waals surface area contributed by atoms with Gasteiger partial charge < -0.3 is 10.5 Å². The maximum atomic E-state index is 11.7. The molecule has 0 heterocycles. The highest BCUT2D eigenvalue weighted by Crippen LogP contribution is 2.04. The molecule has 3 N–H and O–H groups in total. The second-order valence-electron chi connectivity index (χ2n) is 4.40. The van der Waals surface area contributed by atoms with Gasteiger partial charge in [-0.2, -0.15) is 0 Å². The fourth-order valence-corrected chi connectivity index (χ4v) is 1.62. The van der Waals surface area contributed by atoms with E-state index in [4.69, 9.17) is 10.5 Å². The van der Waals surface area contributed by atoms with Gasteiger partial charge in [-0.05, 0) is 18.9 Å². The first-order valence-corrected chi connectivity index (χ1v) is 6.18. The number of esters is 1. The lowest BCUT2D eigenvalue weighted by atomic mass is 10.1. The van der Waals surface area contributed by atoms with E-state index in [2.05, 4.69) is 5.32 Å². The zero-order chi connectivity index (χ0) is 14.3. The first kappa shape index (κ1) is 18.6. The first-order valence-electron chi connectivity index (χ1n) is 6.18. The average Bonchev–Trinajstić information content (AvgIpc) is 2.43. The Bertz CT molecular complexity index is 424. The summed E-state index contributed by atoms with van der Waals surface area (Å²) in [6, 6.07) is 8.46. The highest BCUT2D eigenvalue weighted by atomic mass is 35.5. The van der Waals surface area contributed by atoms with Gasteiger partial charge in [-0.25, -0.2) is 0 Å². The Morgan fingerprint density at radius 3 is 2.40 bits per heavy atom. The van der Waals surface area contributed by atoms with Gasteiger partial charge in [-0.15, -0.1) is 12.4 Å². The van der Waals surface area contributed by atoms with Crippen molar-refractivity contribution in [2.24, 2.45) is 5.73 Å². The Kier molecular flexibility index (Phi) is 8.79. The molecule has 1 rings (SSSR count). The molecule has 20 heavy (non-hydrogen) atoms. The standard InChI is InChI=1S/C14H20N2O3.ClH/c1-10(15)13(17)9-16-12(14(18)19-2)8-11-6-4-3-5-7-11;/h3-7,10,12,16H,8-9,15H2,1-2H3;1H. The van der Waals surface area contributed by atoms with Gasteiger partial charge in [0.1, 0.15) is 6.04 Å². The second-order valence-corrected chi connectivity index (χ2v) is 4.40. The molecular formula is C14H21ClN2O3. The van der Waals surface area contributed by atoms with E-state index in [-0.39, 0.29) is 30.7 Å². The first-order chi connectivity index (χ1) is 9.04. The Hall–Kier alpha value is -1.43. The van der Waals surface area contributed by atoms with Gasteiger partial charge in [-0.1, -0.05) is 30.3 Å². The minimum atomic E-state index is -0.546. The normalized spacial score (nSPS) is 12.9. The molecule has 1 aromatic rings. The summed E-state index contributed by atoms with van der Waals surface area (Å²) in [5.74, 6) is -0.525. The van der Waals surface area contributed by atoms with Crippen molar-refractivity contribution in [3.63, 3.8) is 0 Å². The molecule has 0 amide bonds. The number of benzene rings is 1. The van der Waals surface area contributed by atoms with E-state index in [1.165, 1.54) is 7.11 Å². The molecule has 112 valence electrons. The fraction of sp³-hybridized carbons (Fsp3) is 0.429. The summed E-state index contributed by atoms with van der Waals surface area (Å²) < 4.78 is 4.73. The Morgan fingerprint density at radius 2 is 1.90 bits per heavy atom. The van der Waals surface area contributed by atoms with Crippen LogP contribution < -0.4 is 11.1 Å². The van der Waals surface area contributed by atoms with E-state index in [1.54, 1.807) is 6.92 Å². The minimum absolute atomic E-state index is 0. The van der Waals surface area contributed by atoms with Crippen molar-refractivity contribution >= 4 is 24.2 Å². The van der Waals surface area contributed by atoms with Crippen molar-refractivity contribution in [1.29, 1.82) is 0 Å². The molecule has 0 fully saturated rings. The van der Waals surface area contributed by atoms with E-state index in [0.29, 0.717) is 6.42 Å². The molecule has 0 spiro atoms. The fourth-order valence-electron chi connectivity index (χ4n) is 1.62. The predicted octanol–water partition coefficient (Wildman–Crippen LogP) is 0.698. The second kappa shape index (κ2) is 9.47. The van der Waals surface area contributed by atoms with Crippen LogP contribution in [0.2, 0.25) is 0 Å². The maximum Gasteiger partial charge on any atom is 0.323 e. The number of nitrogens with two attached hydrogens (primary N) is 1. The van der Waals surface area contributed by atoms with Crippen molar-refractivity contribution in [2.75, 3.05) is 13.7 Å². The third kappa shape index (κ3) is 6.14. The molecule has 0 aliphatic heterocycles. The van der Waals surface area contributed by atoms with Crippen LogP contribution in [0.1, 0.15) is 12.5 Å². The lowest BCUT2D eigenvalue weighted by Gasteiger charge is -2.16. The number of ether oxygens (including phenoxy) is 1. The lowest BCUT2D eigenvalue weighted by Crippen LogP contribution is -2.45. The molecule has 0 bridgehead atoms. The molecule has 0 aromatic heterocycles. The Balaban J connectivity index is 0.00000361. The zero-order valence-corrected chi connectivity index (χ0v) is 12.5. The number of halogens is 1. The molecule has 6 heteroatoms. The SMILES string of the molecule is COC(=O)C(Cc1ccccc1)NCC(=O)C(C)N.Cl. The Labute approximate surface area is 125 Å². The summed E-state index contributed by atoms with van der Waals surface area (Å²) in [6.45, 7) is 1.68. The highest BCUT2D eigenvalue weighted by Gasteiger charge is 2.20. The minimum Gasteiger partial charge on any atom is -0.468 e. The summed E-state index contributed by atoms with van der Waals surface area (Å²) in [5, 5.41) is 2.90. The van der Waals surface area contributed by atoms with Gasteiger partial charge in [0.05, 0.1) is 19.7 Å². The zero-order valence-electron chi connectivity index (χ0n) is 11.7. The molecule has 0 aliphatic rings. The van der Waals surface area contributed by atoms with E-state index < -0.39 is 12.1 Å². The molecule has 1 aromatic carbocycles. The molecule has 5 nitrogen and oxygen atoms in total. The van der Waals surface area contributed by atoms with Gasteiger partial charge in [-0.3, -0.25) is 14.9 Å². The molecule has 2 unspecified atom stereocenters. The van der Waals surface area contributed by atoms with E-state index >= 15 is 0 Å². The molecule has 0 saturated carbocycles. The van der Waals surface area contributed by atoms with Crippen molar-refractivity contribution in [3.8, 4) is 0 Å². The molecule has 0 radical (unpaired) electrons. The Morgan fingerprint density at radius 1 is 1.30 bits per heavy atom. The predicted molar refractivity (Wildman–Crippen MR) is 79.9 cm³/mol. The maximum absolute atomic E-state index is 11.7. The van der Waals surface area contributed by atoms with Crippen molar-refractivity contribution < 1.29 is 14.3 Å². The number of carbonyl (C=O) groups excluding carboxylic acids is 2. The molecule has 2 atom stereocenters. The van der Waals surface area contributed by atoms with Crippen molar-refractivity contribution in [3.05, 3.63) is 35.9 Å². The largest absolute Gasteiger partial charge is 0.468 e. The summed E-state index contributed by atoms with van der Waals surface area (Å²) >= 11 is 0. The van der Waals surface area contributed by atoms with Crippen LogP contribution in [0, 0.1) is 0 Å². The number of nitrogens with one attached hydrogen (secondary N) is 1. The summed E-state index contributed by atoms with van der Waals surface area (Å²) in [6.07, 6.45) is 0.472. The van der Waals surface area contributed by atoms with Crippen LogP contribution >= 0.6 is 12.4 Å². The summed E-state index contributed by atoms with van der Waals surface area (Å²) in [5.41, 5.74) is 6.48. The number of carbonyl (C=O) groups is 2. The summed E-state index contributed by atoms with van der Waals surface area (Å²) in [4.78, 5) is 23.1. The van der Waals surface area contributed by atoms with Crippen LogP contribution in [-0.2, 0) is 20.7 Å². The monoisotopic (exact) mass is 300 g/mol. The third-order valence-corrected chi connectivity index (χ3v) is 2.80. The quantitative estimate of drug-likeness (QED) is 0.725. The van der Waals surface area contributed by atoms with Crippen molar-refractivity contribution in [2.45, 2.75) is 25.4 Å². The smallest absolute Gasteiger partial charge is 0.323 e. The third-order valence-electron chi connectivity index (χ3n) is 2.80. The number of hydrogen-bond donors (Lipinski definition) is 2.